The van der Waals surface area contributed by atoms with E-state index in [0.29, 0.717) is 12.2 Å². The summed E-state index contributed by atoms with van der Waals surface area (Å²) in [6, 6.07) is 4.15. The zero-order chi connectivity index (χ0) is 16.1. The van der Waals surface area contributed by atoms with Crippen LogP contribution in [0.1, 0.15) is 41.0 Å². The van der Waals surface area contributed by atoms with Gasteiger partial charge in [0.15, 0.2) is 5.69 Å². The lowest BCUT2D eigenvalue weighted by atomic mass is 10.2. The summed E-state index contributed by atoms with van der Waals surface area (Å²) in [5.41, 5.74) is 0.292. The van der Waals surface area contributed by atoms with Gasteiger partial charge in [0.25, 0.3) is 5.91 Å². The van der Waals surface area contributed by atoms with Crippen LogP contribution in [-0.4, -0.2) is 38.9 Å². The molecule has 2 amide bonds. The molecule has 1 aliphatic carbocycles. The van der Waals surface area contributed by atoms with Crippen molar-refractivity contribution < 1.29 is 9.59 Å². The SMILES string of the molecule is O=C(CN(Cc1cccs1)C(=O)c1csnn1)NC1CCCC1. The van der Waals surface area contributed by atoms with Gasteiger partial charge in [0.1, 0.15) is 6.54 Å². The number of thiophene rings is 1. The highest BCUT2D eigenvalue weighted by molar-refractivity contribution is 7.09. The Balaban J connectivity index is 1.66. The van der Waals surface area contributed by atoms with Gasteiger partial charge in [0.2, 0.25) is 5.91 Å². The molecule has 0 spiro atoms. The van der Waals surface area contributed by atoms with Crippen molar-refractivity contribution in [1.29, 1.82) is 0 Å². The number of rotatable bonds is 6. The first kappa shape index (κ1) is 16.1. The molecular weight excluding hydrogens is 332 g/mol. The van der Waals surface area contributed by atoms with E-state index in [9.17, 15) is 9.59 Å². The zero-order valence-electron chi connectivity index (χ0n) is 12.6. The third kappa shape index (κ3) is 4.35. The molecule has 6 nitrogen and oxygen atoms in total. The van der Waals surface area contributed by atoms with Crippen molar-refractivity contribution in [2.45, 2.75) is 38.3 Å². The maximum Gasteiger partial charge on any atom is 0.276 e. The van der Waals surface area contributed by atoms with Gasteiger partial charge in [-0.2, -0.15) is 0 Å². The average molecular weight is 350 g/mol. The van der Waals surface area contributed by atoms with Crippen molar-refractivity contribution in [1.82, 2.24) is 19.8 Å². The highest BCUT2D eigenvalue weighted by atomic mass is 32.1. The van der Waals surface area contributed by atoms with Gasteiger partial charge in [-0.05, 0) is 35.8 Å². The van der Waals surface area contributed by atoms with Crippen molar-refractivity contribution in [3.63, 3.8) is 0 Å². The Labute approximate surface area is 142 Å². The number of nitrogens with one attached hydrogen (secondary N) is 1. The second-order valence-corrected chi connectivity index (χ2v) is 7.22. The molecule has 0 aliphatic heterocycles. The Morgan fingerprint density at radius 2 is 2.17 bits per heavy atom. The molecular formula is C15H18N4O2S2. The Kier molecular flexibility index (Phi) is 5.35. The molecule has 1 fully saturated rings. The van der Waals surface area contributed by atoms with Crippen LogP contribution in [0.25, 0.3) is 0 Å². The molecule has 1 saturated carbocycles. The topological polar surface area (TPSA) is 75.2 Å². The Hall–Kier alpha value is -1.80. The predicted molar refractivity (Wildman–Crippen MR) is 89.4 cm³/mol. The third-order valence-electron chi connectivity index (χ3n) is 3.85. The number of amides is 2. The summed E-state index contributed by atoms with van der Waals surface area (Å²) in [5, 5.41) is 10.4. The van der Waals surface area contributed by atoms with E-state index in [0.717, 1.165) is 42.1 Å². The fourth-order valence-corrected chi connectivity index (χ4v) is 3.88. The molecule has 122 valence electrons. The molecule has 0 saturated heterocycles. The number of carbonyl (C=O) groups excluding carboxylic acids is 2. The second kappa shape index (κ2) is 7.65. The Bertz CT molecular complexity index is 637. The minimum absolute atomic E-state index is 0.0464. The Morgan fingerprint density at radius 3 is 2.83 bits per heavy atom. The first-order chi connectivity index (χ1) is 11.2. The van der Waals surface area contributed by atoms with Crippen LogP contribution in [0.15, 0.2) is 22.9 Å². The van der Waals surface area contributed by atoms with Crippen LogP contribution in [0.5, 0.6) is 0 Å². The normalized spacial score (nSPS) is 14.8. The number of hydrogen-bond acceptors (Lipinski definition) is 6. The van der Waals surface area contributed by atoms with E-state index in [1.165, 1.54) is 4.90 Å². The predicted octanol–water partition coefficient (Wildman–Crippen LogP) is 2.30. The maximum absolute atomic E-state index is 12.6. The van der Waals surface area contributed by atoms with Crippen molar-refractivity contribution in [2.75, 3.05) is 6.54 Å². The van der Waals surface area contributed by atoms with Gasteiger partial charge < -0.3 is 10.2 Å². The number of carbonyl (C=O) groups is 2. The molecule has 2 aromatic heterocycles. The highest BCUT2D eigenvalue weighted by Gasteiger charge is 2.23. The molecule has 0 aromatic carbocycles. The van der Waals surface area contributed by atoms with Gasteiger partial charge >= 0.3 is 0 Å². The number of nitrogens with zero attached hydrogens (tertiary/aromatic N) is 3. The molecule has 0 radical (unpaired) electrons. The fourth-order valence-electron chi connectivity index (χ4n) is 2.73. The molecule has 0 bridgehead atoms. The van der Waals surface area contributed by atoms with Crippen molar-refractivity contribution in [2.24, 2.45) is 0 Å². The van der Waals surface area contributed by atoms with Crippen LogP contribution in [-0.2, 0) is 11.3 Å². The summed E-state index contributed by atoms with van der Waals surface area (Å²) in [7, 11) is 0. The number of aromatic nitrogens is 2. The van der Waals surface area contributed by atoms with E-state index >= 15 is 0 Å². The molecule has 1 N–H and O–H groups in total. The van der Waals surface area contributed by atoms with E-state index in [4.69, 9.17) is 0 Å². The van der Waals surface area contributed by atoms with Crippen LogP contribution >= 0.6 is 22.9 Å². The summed E-state index contributed by atoms with van der Waals surface area (Å²) in [6.07, 6.45) is 4.38. The van der Waals surface area contributed by atoms with Crippen LogP contribution < -0.4 is 5.32 Å². The standard InChI is InChI=1S/C15H18N4O2S2/c20-14(16-11-4-1-2-5-11)9-19(8-12-6-3-7-22-12)15(21)13-10-23-18-17-13/h3,6-7,10-11H,1-2,4-5,8-9H2,(H,16,20). The molecule has 2 aromatic rings. The number of hydrogen-bond donors (Lipinski definition) is 1. The van der Waals surface area contributed by atoms with Crippen molar-refractivity contribution >= 4 is 34.7 Å². The summed E-state index contributed by atoms with van der Waals surface area (Å²) >= 11 is 2.70. The highest BCUT2D eigenvalue weighted by Crippen LogP contribution is 2.18. The molecule has 1 aliphatic rings. The van der Waals surface area contributed by atoms with Gasteiger partial charge in [-0.3, -0.25) is 9.59 Å². The molecule has 0 atom stereocenters. The molecule has 23 heavy (non-hydrogen) atoms. The lowest BCUT2D eigenvalue weighted by molar-refractivity contribution is -0.122. The fraction of sp³-hybridized carbons (Fsp3) is 0.467. The first-order valence-corrected chi connectivity index (χ1v) is 9.32. The smallest absolute Gasteiger partial charge is 0.276 e. The minimum Gasteiger partial charge on any atom is -0.352 e. The minimum atomic E-state index is -0.256. The van der Waals surface area contributed by atoms with E-state index in [2.05, 4.69) is 14.9 Å². The summed E-state index contributed by atoms with van der Waals surface area (Å²) in [6.45, 7) is 0.455. The van der Waals surface area contributed by atoms with E-state index < -0.39 is 0 Å². The molecule has 8 heteroatoms. The first-order valence-electron chi connectivity index (χ1n) is 7.60. The van der Waals surface area contributed by atoms with Crippen LogP contribution in [0.2, 0.25) is 0 Å². The summed E-state index contributed by atoms with van der Waals surface area (Å²) in [5.74, 6) is -0.362. The molecule has 2 heterocycles. The lowest BCUT2D eigenvalue weighted by Crippen LogP contribution is -2.43. The van der Waals surface area contributed by atoms with E-state index in [1.54, 1.807) is 16.7 Å². The zero-order valence-corrected chi connectivity index (χ0v) is 14.2. The molecule has 0 unspecified atom stereocenters. The van der Waals surface area contributed by atoms with Crippen molar-refractivity contribution in [3.8, 4) is 0 Å². The van der Waals surface area contributed by atoms with Crippen LogP contribution in [0.4, 0.5) is 0 Å². The summed E-state index contributed by atoms with van der Waals surface area (Å²) in [4.78, 5) is 27.4. The van der Waals surface area contributed by atoms with Gasteiger partial charge in [-0.15, -0.1) is 16.4 Å². The van der Waals surface area contributed by atoms with E-state index in [1.807, 2.05) is 17.5 Å². The van der Waals surface area contributed by atoms with Gasteiger partial charge in [-0.1, -0.05) is 23.4 Å². The van der Waals surface area contributed by atoms with Crippen molar-refractivity contribution in [3.05, 3.63) is 33.5 Å². The van der Waals surface area contributed by atoms with Crippen LogP contribution in [0.3, 0.4) is 0 Å². The third-order valence-corrected chi connectivity index (χ3v) is 5.21. The van der Waals surface area contributed by atoms with Gasteiger partial charge in [0, 0.05) is 16.3 Å². The van der Waals surface area contributed by atoms with Crippen LogP contribution in [0, 0.1) is 0 Å². The summed E-state index contributed by atoms with van der Waals surface area (Å²) < 4.78 is 3.73. The monoisotopic (exact) mass is 350 g/mol. The molecule has 3 rings (SSSR count). The average Bonchev–Trinajstić information content (AvgIpc) is 3.29. The lowest BCUT2D eigenvalue weighted by Gasteiger charge is -2.22. The van der Waals surface area contributed by atoms with Gasteiger partial charge in [-0.25, -0.2) is 0 Å². The maximum atomic E-state index is 12.6. The Morgan fingerprint density at radius 1 is 1.35 bits per heavy atom. The second-order valence-electron chi connectivity index (χ2n) is 5.58. The quantitative estimate of drug-likeness (QED) is 0.867. The largest absolute Gasteiger partial charge is 0.352 e. The van der Waals surface area contributed by atoms with E-state index in [-0.39, 0.29) is 24.4 Å². The van der Waals surface area contributed by atoms with Gasteiger partial charge in [0.05, 0.1) is 6.54 Å².